The number of carbonyl (C=O) groups is 1. The summed E-state index contributed by atoms with van der Waals surface area (Å²) in [7, 11) is 0. The quantitative estimate of drug-likeness (QED) is 0.166. The molecule has 0 spiro atoms. The van der Waals surface area contributed by atoms with Crippen LogP contribution < -0.4 is 10.6 Å². The summed E-state index contributed by atoms with van der Waals surface area (Å²) >= 11 is 3.55. The van der Waals surface area contributed by atoms with Gasteiger partial charge in [-0.2, -0.15) is 5.26 Å². The fourth-order valence-corrected chi connectivity index (χ4v) is 4.76. The predicted octanol–water partition coefficient (Wildman–Crippen LogP) is 5.86. The fraction of sp³-hybridized carbons (Fsp3) is 0.0968. The van der Waals surface area contributed by atoms with E-state index in [4.69, 9.17) is 10.2 Å². The summed E-state index contributed by atoms with van der Waals surface area (Å²) in [5.74, 6) is -0.151. The lowest BCUT2D eigenvalue weighted by molar-refractivity contribution is 0.0950. The summed E-state index contributed by atoms with van der Waals surface area (Å²) in [5.41, 5.74) is 5.46. The number of aliphatic hydroxyl groups excluding tert-OH is 1. The van der Waals surface area contributed by atoms with E-state index in [9.17, 15) is 15.0 Å². The first-order chi connectivity index (χ1) is 19.4. The lowest BCUT2D eigenvalue weighted by Gasteiger charge is -2.14. The number of halogens is 1. The molecule has 8 nitrogen and oxygen atoms in total. The molecular weight excluding hydrogens is 570 g/mol. The zero-order chi connectivity index (χ0) is 28.1. The van der Waals surface area contributed by atoms with Gasteiger partial charge in [0.25, 0.3) is 5.91 Å². The number of para-hydroxylation sites is 1. The molecule has 2 heterocycles. The Morgan fingerprint density at radius 1 is 0.975 bits per heavy atom. The Hall–Kier alpha value is -4.78. The Bertz CT molecular complexity index is 1750. The van der Waals surface area contributed by atoms with E-state index in [0.717, 1.165) is 32.2 Å². The van der Waals surface area contributed by atoms with Gasteiger partial charge in [-0.1, -0.05) is 48.5 Å². The molecule has 4 N–H and O–H groups in total. The molecule has 0 radical (unpaired) electrons. The lowest BCUT2D eigenvalue weighted by atomic mass is 10.1. The van der Waals surface area contributed by atoms with Gasteiger partial charge in [0.05, 0.1) is 21.8 Å². The van der Waals surface area contributed by atoms with Gasteiger partial charge in [-0.15, -0.1) is 0 Å². The monoisotopic (exact) mass is 593 g/mol. The zero-order valence-corrected chi connectivity index (χ0v) is 22.8. The van der Waals surface area contributed by atoms with Crippen molar-refractivity contribution in [3.8, 4) is 23.1 Å². The molecule has 198 valence electrons. The minimum absolute atomic E-state index is 0.146. The number of benzene rings is 3. The van der Waals surface area contributed by atoms with Crippen molar-refractivity contribution in [1.29, 1.82) is 5.26 Å². The van der Waals surface area contributed by atoms with E-state index in [1.54, 1.807) is 48.8 Å². The van der Waals surface area contributed by atoms with Crippen LogP contribution in [0.4, 0.5) is 5.69 Å². The number of rotatable bonds is 8. The van der Waals surface area contributed by atoms with Crippen LogP contribution in [-0.4, -0.2) is 26.1 Å². The number of aromatic hydroxyl groups is 1. The summed E-state index contributed by atoms with van der Waals surface area (Å²) in [5, 5.41) is 36.3. The van der Waals surface area contributed by atoms with Gasteiger partial charge in [-0.05, 0) is 63.0 Å². The number of phenolic OH excluding ortho intramolecular Hbond substituents is 1. The van der Waals surface area contributed by atoms with Crippen LogP contribution in [0.3, 0.4) is 0 Å². The number of nitrogens with zero attached hydrogens (tertiary/aromatic N) is 3. The van der Waals surface area contributed by atoms with Gasteiger partial charge in [0.15, 0.2) is 6.10 Å². The molecule has 0 aliphatic rings. The Morgan fingerprint density at radius 3 is 2.55 bits per heavy atom. The SMILES string of the molecule is N#CC(O)c1cccc(C(=O)NCc2cccc(CNc3cc(-c4ccccc4O)nc4c(Br)cncc34)c2)c1. The van der Waals surface area contributed by atoms with E-state index in [1.165, 1.54) is 6.07 Å². The van der Waals surface area contributed by atoms with Crippen molar-refractivity contribution in [2.75, 3.05) is 5.32 Å². The topological polar surface area (TPSA) is 131 Å². The maximum Gasteiger partial charge on any atom is 0.251 e. The molecule has 1 atom stereocenters. The second kappa shape index (κ2) is 11.9. The molecule has 0 saturated carbocycles. The molecule has 9 heteroatoms. The van der Waals surface area contributed by atoms with Crippen molar-refractivity contribution < 1.29 is 15.0 Å². The van der Waals surface area contributed by atoms with Crippen LogP contribution >= 0.6 is 15.9 Å². The van der Waals surface area contributed by atoms with E-state index in [2.05, 4.69) is 31.5 Å². The zero-order valence-electron chi connectivity index (χ0n) is 21.2. The number of pyridine rings is 2. The second-order valence-electron chi connectivity index (χ2n) is 9.10. The third-order valence-electron chi connectivity index (χ3n) is 6.37. The first kappa shape index (κ1) is 26.8. The third kappa shape index (κ3) is 5.94. The van der Waals surface area contributed by atoms with Gasteiger partial charge in [-0.3, -0.25) is 9.78 Å². The van der Waals surface area contributed by atoms with Gasteiger partial charge in [-0.25, -0.2) is 4.98 Å². The summed E-state index contributed by atoms with van der Waals surface area (Å²) < 4.78 is 0.746. The Kier molecular flexibility index (Phi) is 8.01. The van der Waals surface area contributed by atoms with Gasteiger partial charge in [0.2, 0.25) is 0 Å². The maximum absolute atomic E-state index is 12.7. The van der Waals surface area contributed by atoms with Crippen LogP contribution in [0.5, 0.6) is 5.75 Å². The molecule has 1 unspecified atom stereocenters. The lowest BCUT2D eigenvalue weighted by Crippen LogP contribution is -2.23. The molecule has 2 aromatic heterocycles. The molecule has 40 heavy (non-hydrogen) atoms. The highest BCUT2D eigenvalue weighted by molar-refractivity contribution is 9.10. The highest BCUT2D eigenvalue weighted by Crippen LogP contribution is 2.34. The van der Waals surface area contributed by atoms with Crippen LogP contribution in [0, 0.1) is 11.3 Å². The number of nitrogens with one attached hydrogen (secondary N) is 2. The molecule has 0 bridgehead atoms. The molecule has 0 aliphatic heterocycles. The van der Waals surface area contributed by atoms with E-state index in [0.29, 0.717) is 35.5 Å². The van der Waals surface area contributed by atoms with Gasteiger partial charge in [0.1, 0.15) is 5.75 Å². The van der Waals surface area contributed by atoms with E-state index in [1.807, 2.05) is 42.5 Å². The van der Waals surface area contributed by atoms with Crippen molar-refractivity contribution in [2.24, 2.45) is 0 Å². The molecule has 1 amide bonds. The normalized spacial score (nSPS) is 11.5. The Balaban J connectivity index is 1.33. The number of hydrogen-bond donors (Lipinski definition) is 4. The molecule has 5 aromatic rings. The van der Waals surface area contributed by atoms with Crippen LogP contribution in [0.1, 0.15) is 33.2 Å². The number of fused-ring (bicyclic) bond motifs is 1. The highest BCUT2D eigenvalue weighted by Gasteiger charge is 2.14. The number of nitriles is 1. The standard InChI is InChI=1S/C31H24BrN5O3/c32-25-18-34-17-24-26(13-27(37-30(24)25)23-9-1-2-10-28(23)38)35-15-19-5-3-6-20(11-19)16-36-31(40)22-8-4-7-21(12-22)29(39)14-33/h1-13,17-18,29,38-39H,15-16H2,(H,35,37)(H,36,40). The van der Waals surface area contributed by atoms with Crippen LogP contribution in [0.2, 0.25) is 0 Å². The summed E-state index contributed by atoms with van der Waals surface area (Å²) in [4.78, 5) is 21.7. The van der Waals surface area contributed by atoms with Crippen molar-refractivity contribution in [3.05, 3.63) is 118 Å². The molecule has 0 fully saturated rings. The summed E-state index contributed by atoms with van der Waals surface area (Å²) in [6.45, 7) is 0.811. The predicted molar refractivity (Wildman–Crippen MR) is 156 cm³/mol. The smallest absolute Gasteiger partial charge is 0.251 e. The van der Waals surface area contributed by atoms with Crippen LogP contribution in [0.25, 0.3) is 22.2 Å². The number of aromatic nitrogens is 2. The first-order valence-corrected chi connectivity index (χ1v) is 13.2. The van der Waals surface area contributed by atoms with Gasteiger partial charge in [0, 0.05) is 47.7 Å². The molecule has 0 aliphatic carbocycles. The van der Waals surface area contributed by atoms with Crippen LogP contribution in [-0.2, 0) is 13.1 Å². The molecule has 5 rings (SSSR count). The fourth-order valence-electron chi connectivity index (χ4n) is 4.34. The molecular formula is C31H24BrN5O3. The average Bonchev–Trinajstić information content (AvgIpc) is 2.99. The summed E-state index contributed by atoms with van der Waals surface area (Å²) in [6, 6.07) is 25.0. The number of hydrogen-bond acceptors (Lipinski definition) is 7. The largest absolute Gasteiger partial charge is 0.507 e. The molecule has 3 aromatic carbocycles. The van der Waals surface area contributed by atoms with Crippen molar-refractivity contribution in [3.63, 3.8) is 0 Å². The van der Waals surface area contributed by atoms with Gasteiger partial charge >= 0.3 is 0 Å². The average molecular weight is 594 g/mol. The molecule has 0 saturated heterocycles. The Morgan fingerprint density at radius 2 is 1.75 bits per heavy atom. The minimum atomic E-state index is -1.28. The van der Waals surface area contributed by atoms with Crippen LogP contribution in [0.15, 0.2) is 95.7 Å². The minimum Gasteiger partial charge on any atom is -0.507 e. The number of aliphatic hydroxyl groups is 1. The van der Waals surface area contributed by atoms with Crippen molar-refractivity contribution in [2.45, 2.75) is 19.2 Å². The van der Waals surface area contributed by atoms with Crippen molar-refractivity contribution in [1.82, 2.24) is 15.3 Å². The third-order valence-corrected chi connectivity index (χ3v) is 6.95. The van der Waals surface area contributed by atoms with Crippen molar-refractivity contribution >= 4 is 38.4 Å². The number of amides is 1. The number of carbonyl (C=O) groups excluding carboxylic acids is 1. The Labute approximate surface area is 239 Å². The maximum atomic E-state index is 12.7. The highest BCUT2D eigenvalue weighted by atomic mass is 79.9. The first-order valence-electron chi connectivity index (χ1n) is 12.4. The summed E-state index contributed by atoms with van der Waals surface area (Å²) in [6.07, 6.45) is 2.16. The number of phenols is 1. The van der Waals surface area contributed by atoms with E-state index in [-0.39, 0.29) is 11.7 Å². The number of anilines is 1. The van der Waals surface area contributed by atoms with E-state index >= 15 is 0 Å². The van der Waals surface area contributed by atoms with E-state index < -0.39 is 6.10 Å². The second-order valence-corrected chi connectivity index (χ2v) is 9.96. The van der Waals surface area contributed by atoms with Gasteiger partial charge < -0.3 is 20.8 Å².